The van der Waals surface area contributed by atoms with Crippen molar-refractivity contribution in [2.45, 2.75) is 23.8 Å². The van der Waals surface area contributed by atoms with Crippen molar-refractivity contribution in [3.05, 3.63) is 54.5 Å². The standard InChI is InChI=1S/C18H19FN4O2S/c19-14-3-6-17(7-4-14)26(24,25)23-9-1-2-16(12-23)21-15-5-8-18-13(10-15)11-20-22-18/h3-8,10-11,16,21H,1-2,9,12H2,(H,20,22). The van der Waals surface area contributed by atoms with E-state index in [1.807, 2.05) is 18.2 Å². The Bertz CT molecular complexity index is 1020. The number of sulfonamides is 1. The summed E-state index contributed by atoms with van der Waals surface area (Å²) >= 11 is 0. The molecule has 3 aromatic rings. The third-order valence-electron chi connectivity index (χ3n) is 4.65. The topological polar surface area (TPSA) is 78.1 Å². The maximum Gasteiger partial charge on any atom is 0.243 e. The highest BCUT2D eigenvalue weighted by Crippen LogP contribution is 2.24. The molecule has 1 aromatic heterocycles. The number of hydrogen-bond acceptors (Lipinski definition) is 4. The van der Waals surface area contributed by atoms with E-state index in [9.17, 15) is 12.8 Å². The van der Waals surface area contributed by atoms with Gasteiger partial charge in [-0.05, 0) is 55.3 Å². The average molecular weight is 374 g/mol. The zero-order valence-corrected chi connectivity index (χ0v) is 14.8. The normalized spacial score (nSPS) is 18.9. The van der Waals surface area contributed by atoms with Gasteiger partial charge in [-0.25, -0.2) is 12.8 Å². The molecule has 0 saturated carbocycles. The van der Waals surface area contributed by atoms with Crippen LogP contribution >= 0.6 is 0 Å². The fourth-order valence-corrected chi connectivity index (χ4v) is 4.83. The highest BCUT2D eigenvalue weighted by atomic mass is 32.2. The number of benzene rings is 2. The second kappa shape index (κ2) is 6.69. The van der Waals surface area contributed by atoms with Crippen LogP contribution in [-0.2, 0) is 10.0 Å². The van der Waals surface area contributed by atoms with Crippen LogP contribution in [0.5, 0.6) is 0 Å². The first-order valence-corrected chi connectivity index (χ1v) is 9.92. The van der Waals surface area contributed by atoms with Crippen molar-refractivity contribution in [3.8, 4) is 0 Å². The highest BCUT2D eigenvalue weighted by molar-refractivity contribution is 7.89. The Morgan fingerprint density at radius 1 is 1.19 bits per heavy atom. The molecule has 2 aromatic carbocycles. The summed E-state index contributed by atoms with van der Waals surface area (Å²) in [6, 6.07) is 10.9. The van der Waals surface area contributed by atoms with E-state index in [0.717, 1.165) is 29.4 Å². The number of piperidine rings is 1. The molecule has 0 bridgehead atoms. The Balaban J connectivity index is 1.50. The first kappa shape index (κ1) is 17.0. The van der Waals surface area contributed by atoms with Crippen LogP contribution in [0.2, 0.25) is 0 Å². The number of nitrogens with one attached hydrogen (secondary N) is 2. The molecular formula is C18H19FN4O2S. The lowest BCUT2D eigenvalue weighted by Gasteiger charge is -2.33. The van der Waals surface area contributed by atoms with Gasteiger partial charge in [0, 0.05) is 30.2 Å². The molecule has 1 atom stereocenters. The summed E-state index contributed by atoms with van der Waals surface area (Å²) in [5.41, 5.74) is 1.89. The number of aromatic amines is 1. The number of aromatic nitrogens is 2. The van der Waals surface area contributed by atoms with E-state index < -0.39 is 15.8 Å². The van der Waals surface area contributed by atoms with Crippen LogP contribution in [0.1, 0.15) is 12.8 Å². The van der Waals surface area contributed by atoms with E-state index in [0.29, 0.717) is 13.1 Å². The lowest BCUT2D eigenvalue weighted by Crippen LogP contribution is -2.45. The Morgan fingerprint density at radius 2 is 2.00 bits per heavy atom. The number of hydrogen-bond donors (Lipinski definition) is 2. The molecule has 6 nitrogen and oxygen atoms in total. The number of nitrogens with zero attached hydrogens (tertiary/aromatic N) is 2. The quantitative estimate of drug-likeness (QED) is 0.736. The van der Waals surface area contributed by atoms with Gasteiger partial charge in [-0.2, -0.15) is 9.40 Å². The zero-order valence-electron chi connectivity index (χ0n) is 14.0. The minimum atomic E-state index is -3.62. The summed E-state index contributed by atoms with van der Waals surface area (Å²) in [5, 5.41) is 11.3. The highest BCUT2D eigenvalue weighted by Gasteiger charge is 2.30. The van der Waals surface area contributed by atoms with E-state index in [4.69, 9.17) is 0 Å². The summed E-state index contributed by atoms with van der Waals surface area (Å²) in [7, 11) is -3.62. The minimum absolute atomic E-state index is 0.0170. The second-order valence-electron chi connectivity index (χ2n) is 6.47. The van der Waals surface area contributed by atoms with Gasteiger partial charge in [0.25, 0.3) is 0 Å². The molecule has 8 heteroatoms. The first-order chi connectivity index (χ1) is 12.5. The van der Waals surface area contributed by atoms with Crippen molar-refractivity contribution in [2.24, 2.45) is 0 Å². The molecule has 26 heavy (non-hydrogen) atoms. The maximum atomic E-state index is 13.1. The van der Waals surface area contributed by atoms with Crippen LogP contribution in [-0.4, -0.2) is 42.1 Å². The van der Waals surface area contributed by atoms with Crippen molar-refractivity contribution < 1.29 is 12.8 Å². The third kappa shape index (κ3) is 3.30. The summed E-state index contributed by atoms with van der Waals surface area (Å²) < 4.78 is 40.2. The van der Waals surface area contributed by atoms with Gasteiger partial charge in [0.2, 0.25) is 10.0 Å². The van der Waals surface area contributed by atoms with Crippen molar-refractivity contribution >= 4 is 26.6 Å². The number of rotatable bonds is 4. The van der Waals surface area contributed by atoms with Gasteiger partial charge in [-0.15, -0.1) is 0 Å². The molecule has 2 heterocycles. The molecule has 2 N–H and O–H groups in total. The number of fused-ring (bicyclic) bond motifs is 1. The van der Waals surface area contributed by atoms with Gasteiger partial charge in [0.05, 0.1) is 16.6 Å². The van der Waals surface area contributed by atoms with Crippen LogP contribution < -0.4 is 5.32 Å². The molecule has 136 valence electrons. The molecule has 0 spiro atoms. The lowest BCUT2D eigenvalue weighted by molar-refractivity contribution is 0.327. The summed E-state index contributed by atoms with van der Waals surface area (Å²) in [6.07, 6.45) is 3.41. The molecule has 1 unspecified atom stereocenters. The molecule has 1 fully saturated rings. The van der Waals surface area contributed by atoms with Gasteiger partial charge in [-0.1, -0.05) is 0 Å². The van der Waals surface area contributed by atoms with Crippen molar-refractivity contribution in [1.29, 1.82) is 0 Å². The third-order valence-corrected chi connectivity index (χ3v) is 6.53. The Kier molecular flexibility index (Phi) is 4.37. The van der Waals surface area contributed by atoms with E-state index in [-0.39, 0.29) is 10.9 Å². The van der Waals surface area contributed by atoms with Gasteiger partial charge in [0.15, 0.2) is 0 Å². The van der Waals surface area contributed by atoms with Crippen LogP contribution in [0, 0.1) is 5.82 Å². The van der Waals surface area contributed by atoms with Gasteiger partial charge in [0.1, 0.15) is 5.82 Å². The summed E-state index contributed by atoms with van der Waals surface area (Å²) in [6.45, 7) is 0.849. The van der Waals surface area contributed by atoms with Crippen molar-refractivity contribution in [3.63, 3.8) is 0 Å². The molecule has 0 amide bonds. The molecule has 1 saturated heterocycles. The number of halogens is 1. The smallest absolute Gasteiger partial charge is 0.243 e. The first-order valence-electron chi connectivity index (χ1n) is 8.48. The Morgan fingerprint density at radius 3 is 2.81 bits per heavy atom. The van der Waals surface area contributed by atoms with Crippen LogP contribution in [0.25, 0.3) is 10.9 Å². The molecule has 4 rings (SSSR count). The predicted molar refractivity (Wildman–Crippen MR) is 97.9 cm³/mol. The molecular weight excluding hydrogens is 355 g/mol. The number of anilines is 1. The Labute approximate surface area is 151 Å². The van der Waals surface area contributed by atoms with Gasteiger partial charge in [-0.3, -0.25) is 5.10 Å². The molecule has 1 aliphatic rings. The van der Waals surface area contributed by atoms with Crippen molar-refractivity contribution in [1.82, 2.24) is 14.5 Å². The fraction of sp³-hybridized carbons (Fsp3) is 0.278. The van der Waals surface area contributed by atoms with Crippen LogP contribution in [0.15, 0.2) is 53.6 Å². The Hall–Kier alpha value is -2.45. The second-order valence-corrected chi connectivity index (χ2v) is 8.41. The van der Waals surface area contributed by atoms with E-state index >= 15 is 0 Å². The van der Waals surface area contributed by atoms with E-state index in [2.05, 4.69) is 15.5 Å². The summed E-state index contributed by atoms with van der Waals surface area (Å²) in [4.78, 5) is 0.124. The molecule has 1 aliphatic heterocycles. The van der Waals surface area contributed by atoms with Crippen LogP contribution in [0.3, 0.4) is 0 Å². The van der Waals surface area contributed by atoms with Gasteiger partial charge >= 0.3 is 0 Å². The maximum absolute atomic E-state index is 13.1. The lowest BCUT2D eigenvalue weighted by atomic mass is 10.1. The van der Waals surface area contributed by atoms with E-state index in [1.165, 1.54) is 28.6 Å². The average Bonchev–Trinajstić information content (AvgIpc) is 3.10. The van der Waals surface area contributed by atoms with Gasteiger partial charge < -0.3 is 5.32 Å². The zero-order chi connectivity index (χ0) is 18.1. The number of H-pyrrole nitrogens is 1. The molecule has 0 aliphatic carbocycles. The van der Waals surface area contributed by atoms with Crippen molar-refractivity contribution in [2.75, 3.05) is 18.4 Å². The largest absolute Gasteiger partial charge is 0.381 e. The van der Waals surface area contributed by atoms with Crippen LogP contribution in [0.4, 0.5) is 10.1 Å². The fourth-order valence-electron chi connectivity index (χ4n) is 3.30. The monoisotopic (exact) mass is 374 g/mol. The SMILES string of the molecule is O=S(=O)(c1ccc(F)cc1)N1CCCC(Nc2ccc3[nH]ncc3c2)C1. The minimum Gasteiger partial charge on any atom is -0.381 e. The predicted octanol–water partition coefficient (Wildman–Crippen LogP) is 2.97. The van der Waals surface area contributed by atoms with E-state index in [1.54, 1.807) is 6.20 Å². The molecule has 0 radical (unpaired) electrons. The summed E-state index contributed by atoms with van der Waals surface area (Å²) in [5.74, 6) is -0.447.